The van der Waals surface area contributed by atoms with E-state index < -0.39 is 0 Å². The van der Waals surface area contributed by atoms with E-state index in [1.165, 1.54) is 11.5 Å². The average molecular weight is 318 g/mol. The summed E-state index contributed by atoms with van der Waals surface area (Å²) in [6, 6.07) is 13.2. The van der Waals surface area contributed by atoms with E-state index in [1.807, 2.05) is 25.3 Å². The van der Waals surface area contributed by atoms with Crippen molar-refractivity contribution in [1.82, 2.24) is 4.57 Å². The van der Waals surface area contributed by atoms with Crippen molar-refractivity contribution in [3.05, 3.63) is 70.1 Å². The summed E-state index contributed by atoms with van der Waals surface area (Å²) in [5, 5.41) is 1.19. The monoisotopic (exact) mass is 317 g/mol. The van der Waals surface area contributed by atoms with Crippen molar-refractivity contribution in [3.8, 4) is 0 Å². The second kappa shape index (κ2) is 4.82. The van der Waals surface area contributed by atoms with E-state index in [2.05, 4.69) is 38.7 Å². The van der Waals surface area contributed by atoms with Crippen molar-refractivity contribution in [2.75, 3.05) is 0 Å². The van der Waals surface area contributed by atoms with Crippen LogP contribution < -0.4 is 0 Å². The molecule has 0 aliphatic carbocycles. The Morgan fingerprint density at radius 2 is 1.95 bits per heavy atom. The molecule has 3 rings (SSSR count). The maximum atomic E-state index is 13.3. The number of halogens is 2. The summed E-state index contributed by atoms with van der Waals surface area (Å²) in [5.74, 6) is -0.182. The van der Waals surface area contributed by atoms with Crippen molar-refractivity contribution < 1.29 is 4.39 Å². The van der Waals surface area contributed by atoms with E-state index >= 15 is 0 Å². The topological polar surface area (TPSA) is 4.93 Å². The van der Waals surface area contributed by atoms with Crippen LogP contribution in [0.2, 0.25) is 0 Å². The molecule has 0 aliphatic heterocycles. The maximum absolute atomic E-state index is 13.3. The molecule has 0 radical (unpaired) electrons. The third kappa shape index (κ3) is 2.43. The summed E-state index contributed by atoms with van der Waals surface area (Å²) in [4.78, 5) is 0. The molecular weight excluding hydrogens is 305 g/mol. The number of hydrogen-bond acceptors (Lipinski definition) is 0. The Morgan fingerprint density at radius 1 is 1.11 bits per heavy atom. The van der Waals surface area contributed by atoms with Gasteiger partial charge in [0.25, 0.3) is 0 Å². The molecule has 1 aromatic heterocycles. The molecule has 1 heterocycles. The third-order valence-electron chi connectivity index (χ3n) is 3.39. The van der Waals surface area contributed by atoms with E-state index in [-0.39, 0.29) is 5.82 Å². The van der Waals surface area contributed by atoms with E-state index in [0.717, 1.165) is 21.1 Å². The predicted octanol–water partition coefficient (Wildman–Crippen LogP) is 4.90. The Bertz CT molecular complexity index is 746. The first kappa shape index (κ1) is 12.4. The lowest BCUT2D eigenvalue weighted by molar-refractivity contribution is 0.623. The smallest absolute Gasteiger partial charge is 0.123 e. The largest absolute Gasteiger partial charge is 0.343 e. The first-order valence-corrected chi connectivity index (χ1v) is 6.92. The highest BCUT2D eigenvalue weighted by Crippen LogP contribution is 2.22. The van der Waals surface area contributed by atoms with Gasteiger partial charge >= 0.3 is 0 Å². The molecule has 0 atom stereocenters. The van der Waals surface area contributed by atoms with Crippen LogP contribution in [0.15, 0.2) is 53.1 Å². The van der Waals surface area contributed by atoms with Gasteiger partial charge in [-0.15, -0.1) is 0 Å². The van der Waals surface area contributed by atoms with Crippen LogP contribution in [0, 0.1) is 12.7 Å². The average Bonchev–Trinajstić information content (AvgIpc) is 2.77. The standard InChI is InChI=1S/C16H13BrFN/c1-11-2-5-15(18)8-13(11)10-19-7-6-12-3-4-14(17)9-16(12)19/h2-9H,10H2,1H3. The number of hydrogen-bond donors (Lipinski definition) is 0. The fourth-order valence-corrected chi connectivity index (χ4v) is 2.64. The Balaban J connectivity index is 2.05. The minimum absolute atomic E-state index is 0.182. The zero-order chi connectivity index (χ0) is 13.4. The van der Waals surface area contributed by atoms with Crippen molar-refractivity contribution in [2.24, 2.45) is 0 Å². The lowest BCUT2D eigenvalue weighted by Crippen LogP contribution is -2.00. The molecule has 0 saturated carbocycles. The second-order valence-corrected chi connectivity index (χ2v) is 5.63. The molecule has 3 heteroatoms. The van der Waals surface area contributed by atoms with Gasteiger partial charge in [0.15, 0.2) is 0 Å². The molecule has 0 spiro atoms. The first-order valence-electron chi connectivity index (χ1n) is 6.13. The number of fused-ring (bicyclic) bond motifs is 1. The van der Waals surface area contributed by atoms with Gasteiger partial charge in [0.1, 0.15) is 5.82 Å². The van der Waals surface area contributed by atoms with Gasteiger partial charge in [0.2, 0.25) is 0 Å². The van der Waals surface area contributed by atoms with E-state index in [4.69, 9.17) is 0 Å². The molecule has 96 valence electrons. The molecule has 0 aliphatic rings. The lowest BCUT2D eigenvalue weighted by atomic mass is 10.1. The second-order valence-electron chi connectivity index (χ2n) is 4.72. The van der Waals surface area contributed by atoms with Gasteiger partial charge in [-0.05, 0) is 53.8 Å². The summed E-state index contributed by atoms with van der Waals surface area (Å²) in [7, 11) is 0. The normalized spacial score (nSPS) is 11.1. The third-order valence-corrected chi connectivity index (χ3v) is 3.88. The molecule has 19 heavy (non-hydrogen) atoms. The Kier molecular flexibility index (Phi) is 3.15. The van der Waals surface area contributed by atoms with Crippen LogP contribution in [0.3, 0.4) is 0 Å². The van der Waals surface area contributed by atoms with E-state index in [1.54, 1.807) is 6.07 Å². The molecule has 0 unspecified atom stereocenters. The number of rotatable bonds is 2. The Hall–Kier alpha value is -1.61. The number of aryl methyl sites for hydroxylation is 1. The molecule has 0 amide bonds. The van der Waals surface area contributed by atoms with Crippen molar-refractivity contribution >= 4 is 26.8 Å². The Labute approximate surface area is 119 Å². The van der Waals surface area contributed by atoms with Gasteiger partial charge in [0.05, 0.1) is 0 Å². The molecule has 3 aromatic rings. The highest BCUT2D eigenvalue weighted by atomic mass is 79.9. The van der Waals surface area contributed by atoms with Crippen molar-refractivity contribution in [3.63, 3.8) is 0 Å². The van der Waals surface area contributed by atoms with E-state index in [9.17, 15) is 4.39 Å². The summed E-state index contributed by atoms with van der Waals surface area (Å²) in [5.41, 5.74) is 3.27. The van der Waals surface area contributed by atoms with Crippen LogP contribution in [0.5, 0.6) is 0 Å². The minimum atomic E-state index is -0.182. The van der Waals surface area contributed by atoms with Gasteiger partial charge in [-0.1, -0.05) is 28.1 Å². The Morgan fingerprint density at radius 3 is 2.79 bits per heavy atom. The SMILES string of the molecule is Cc1ccc(F)cc1Cn1ccc2ccc(Br)cc21. The molecule has 0 N–H and O–H groups in total. The van der Waals surface area contributed by atoms with Gasteiger partial charge in [0, 0.05) is 22.7 Å². The van der Waals surface area contributed by atoms with Crippen LogP contribution in [-0.4, -0.2) is 4.57 Å². The predicted molar refractivity (Wildman–Crippen MR) is 79.9 cm³/mol. The number of aromatic nitrogens is 1. The molecular formula is C16H13BrFN. The molecule has 1 nitrogen and oxygen atoms in total. The number of benzene rings is 2. The van der Waals surface area contributed by atoms with Gasteiger partial charge in [-0.25, -0.2) is 4.39 Å². The highest BCUT2D eigenvalue weighted by Gasteiger charge is 2.05. The van der Waals surface area contributed by atoms with Gasteiger partial charge < -0.3 is 4.57 Å². The summed E-state index contributed by atoms with van der Waals surface area (Å²) >= 11 is 3.49. The number of nitrogens with zero attached hydrogens (tertiary/aromatic N) is 1. The fraction of sp³-hybridized carbons (Fsp3) is 0.125. The van der Waals surface area contributed by atoms with E-state index in [0.29, 0.717) is 6.54 Å². The van der Waals surface area contributed by atoms with Crippen LogP contribution in [-0.2, 0) is 6.54 Å². The zero-order valence-corrected chi connectivity index (χ0v) is 12.1. The van der Waals surface area contributed by atoms with Crippen molar-refractivity contribution in [2.45, 2.75) is 13.5 Å². The van der Waals surface area contributed by atoms with Crippen LogP contribution >= 0.6 is 15.9 Å². The lowest BCUT2D eigenvalue weighted by Gasteiger charge is -2.09. The van der Waals surface area contributed by atoms with Gasteiger partial charge in [-0.3, -0.25) is 0 Å². The fourth-order valence-electron chi connectivity index (χ4n) is 2.29. The summed E-state index contributed by atoms with van der Waals surface area (Å²) < 4.78 is 16.5. The van der Waals surface area contributed by atoms with Crippen LogP contribution in [0.4, 0.5) is 4.39 Å². The van der Waals surface area contributed by atoms with Crippen LogP contribution in [0.1, 0.15) is 11.1 Å². The molecule has 0 fully saturated rings. The molecule has 0 bridgehead atoms. The summed E-state index contributed by atoms with van der Waals surface area (Å²) in [6.45, 7) is 2.69. The first-order chi connectivity index (χ1) is 9.13. The minimum Gasteiger partial charge on any atom is -0.343 e. The van der Waals surface area contributed by atoms with Gasteiger partial charge in [-0.2, -0.15) is 0 Å². The maximum Gasteiger partial charge on any atom is 0.123 e. The quantitative estimate of drug-likeness (QED) is 0.633. The summed E-state index contributed by atoms with van der Waals surface area (Å²) in [6.07, 6.45) is 2.04. The molecule has 0 saturated heterocycles. The van der Waals surface area contributed by atoms with Crippen LogP contribution in [0.25, 0.3) is 10.9 Å². The zero-order valence-electron chi connectivity index (χ0n) is 10.5. The molecule has 2 aromatic carbocycles. The highest BCUT2D eigenvalue weighted by molar-refractivity contribution is 9.10. The van der Waals surface area contributed by atoms with Crippen molar-refractivity contribution in [1.29, 1.82) is 0 Å².